The summed E-state index contributed by atoms with van der Waals surface area (Å²) in [6.07, 6.45) is 1.37. The normalized spacial score (nSPS) is 11.3. The molecule has 32 heavy (non-hydrogen) atoms. The van der Waals surface area contributed by atoms with Crippen molar-refractivity contribution in [3.05, 3.63) is 77.3 Å². The van der Waals surface area contributed by atoms with E-state index in [2.05, 4.69) is 15.4 Å². The zero-order chi connectivity index (χ0) is 22.7. The van der Waals surface area contributed by atoms with E-state index in [9.17, 15) is 9.90 Å². The molecular weight excluding hydrogens is 404 g/mol. The number of carbonyl (C=O) groups excluding carboxylic acids is 1. The number of nitrogens with one attached hydrogen (secondary N) is 2. The molecule has 1 amide bonds. The van der Waals surface area contributed by atoms with E-state index in [0.29, 0.717) is 11.1 Å². The van der Waals surface area contributed by atoms with Gasteiger partial charge in [0.25, 0.3) is 5.91 Å². The van der Waals surface area contributed by atoms with Gasteiger partial charge in [0.05, 0.1) is 6.21 Å². The van der Waals surface area contributed by atoms with Gasteiger partial charge in [-0.25, -0.2) is 5.43 Å². The number of anilines is 1. The van der Waals surface area contributed by atoms with Crippen LogP contribution in [-0.2, 0) is 0 Å². The van der Waals surface area contributed by atoms with Gasteiger partial charge in [-0.2, -0.15) is 5.10 Å². The monoisotopic (exact) mass is 428 g/mol. The van der Waals surface area contributed by atoms with Gasteiger partial charge in [0.15, 0.2) is 0 Å². The van der Waals surface area contributed by atoms with E-state index < -0.39 is 5.91 Å². The average molecular weight is 428 g/mol. The number of phenols is 1. The topological polar surface area (TPSA) is 102 Å². The molecule has 0 fully saturated rings. The van der Waals surface area contributed by atoms with Crippen LogP contribution in [0.25, 0.3) is 21.7 Å². The van der Waals surface area contributed by atoms with Crippen molar-refractivity contribution in [2.75, 3.05) is 18.0 Å². The molecule has 1 aromatic heterocycles. The predicted octanol–water partition coefficient (Wildman–Crippen LogP) is 4.38. The summed E-state index contributed by atoms with van der Waals surface area (Å²) < 4.78 is 5.57. The minimum atomic E-state index is -0.566. The summed E-state index contributed by atoms with van der Waals surface area (Å²) in [5.41, 5.74) is 4.17. The van der Waals surface area contributed by atoms with Gasteiger partial charge in [-0.1, -0.05) is 30.3 Å². The Morgan fingerprint density at radius 3 is 2.62 bits per heavy atom. The van der Waals surface area contributed by atoms with Crippen LogP contribution in [0, 0.1) is 5.41 Å². The van der Waals surface area contributed by atoms with Crippen molar-refractivity contribution in [1.82, 2.24) is 5.43 Å². The molecule has 1 heterocycles. The van der Waals surface area contributed by atoms with Gasteiger partial charge in [0.2, 0.25) is 5.55 Å². The Bertz CT molecular complexity index is 1390. The van der Waals surface area contributed by atoms with Crippen molar-refractivity contribution in [2.45, 2.75) is 13.8 Å². The molecule has 0 bridgehead atoms. The molecule has 7 heteroatoms. The van der Waals surface area contributed by atoms with Crippen molar-refractivity contribution in [2.24, 2.45) is 5.10 Å². The number of amides is 1. The van der Waals surface area contributed by atoms with Crippen LogP contribution in [0.3, 0.4) is 0 Å². The molecule has 7 nitrogen and oxygen atoms in total. The third-order valence-electron chi connectivity index (χ3n) is 5.43. The Labute approximate surface area is 185 Å². The first kappa shape index (κ1) is 21.1. The van der Waals surface area contributed by atoms with Crippen molar-refractivity contribution in [3.8, 4) is 5.75 Å². The Morgan fingerprint density at radius 1 is 1.09 bits per heavy atom. The molecule has 0 atom stereocenters. The molecule has 0 saturated carbocycles. The van der Waals surface area contributed by atoms with Gasteiger partial charge in [0, 0.05) is 35.8 Å². The van der Waals surface area contributed by atoms with Crippen LogP contribution in [-0.4, -0.2) is 30.3 Å². The van der Waals surface area contributed by atoms with E-state index in [0.717, 1.165) is 34.9 Å². The van der Waals surface area contributed by atoms with Crippen LogP contribution < -0.4 is 15.9 Å². The number of hydrazone groups is 1. The Hall–Kier alpha value is -4.13. The van der Waals surface area contributed by atoms with Gasteiger partial charge in [-0.3, -0.25) is 10.2 Å². The first-order valence-corrected chi connectivity index (χ1v) is 10.4. The second-order valence-electron chi connectivity index (χ2n) is 7.30. The van der Waals surface area contributed by atoms with E-state index in [-0.39, 0.29) is 16.9 Å². The number of rotatable bonds is 6. The van der Waals surface area contributed by atoms with Crippen LogP contribution >= 0.6 is 0 Å². The predicted molar refractivity (Wildman–Crippen MR) is 126 cm³/mol. The number of fused-ring (bicyclic) bond motifs is 3. The Kier molecular flexibility index (Phi) is 5.89. The summed E-state index contributed by atoms with van der Waals surface area (Å²) in [6, 6.07) is 18.4. The maximum Gasteiger partial charge on any atom is 0.276 e. The molecule has 0 saturated heterocycles. The molecule has 4 aromatic rings. The minimum Gasteiger partial charge on any atom is -0.507 e. The van der Waals surface area contributed by atoms with Crippen LogP contribution in [0.2, 0.25) is 0 Å². The lowest BCUT2D eigenvalue weighted by Crippen LogP contribution is -2.24. The van der Waals surface area contributed by atoms with Crippen LogP contribution in [0.4, 0.5) is 5.69 Å². The highest BCUT2D eigenvalue weighted by molar-refractivity contribution is 6.07. The van der Waals surface area contributed by atoms with Crippen molar-refractivity contribution >= 4 is 39.6 Å². The fraction of sp³-hybridized carbons (Fsp3) is 0.160. The number of benzene rings is 3. The van der Waals surface area contributed by atoms with Crippen LogP contribution in [0.15, 0.2) is 70.2 Å². The van der Waals surface area contributed by atoms with E-state index in [1.165, 1.54) is 6.21 Å². The molecule has 4 rings (SSSR count). The zero-order valence-corrected chi connectivity index (χ0v) is 17.9. The average Bonchev–Trinajstić information content (AvgIpc) is 2.80. The molecule has 0 aliphatic rings. The largest absolute Gasteiger partial charge is 0.507 e. The first-order chi connectivity index (χ1) is 15.5. The van der Waals surface area contributed by atoms with E-state index in [1.54, 1.807) is 24.3 Å². The highest BCUT2D eigenvalue weighted by atomic mass is 16.3. The van der Waals surface area contributed by atoms with Crippen molar-refractivity contribution < 1.29 is 14.3 Å². The Morgan fingerprint density at radius 2 is 1.88 bits per heavy atom. The van der Waals surface area contributed by atoms with Gasteiger partial charge in [0.1, 0.15) is 16.9 Å². The number of nitrogens with zero attached hydrogens (tertiary/aromatic N) is 2. The number of hydrogen-bond acceptors (Lipinski definition) is 6. The number of aromatic hydroxyl groups is 1. The van der Waals surface area contributed by atoms with Crippen molar-refractivity contribution in [3.63, 3.8) is 0 Å². The summed E-state index contributed by atoms with van der Waals surface area (Å²) in [5.74, 6) is -0.496. The summed E-state index contributed by atoms with van der Waals surface area (Å²) in [7, 11) is 0. The molecule has 0 aliphatic heterocycles. The molecule has 0 spiro atoms. The second kappa shape index (κ2) is 8.93. The number of carbonyl (C=O) groups is 1. The lowest BCUT2D eigenvalue weighted by Gasteiger charge is -2.21. The van der Waals surface area contributed by atoms with E-state index in [4.69, 9.17) is 9.83 Å². The standard InChI is InChI=1S/C25H24N4O3/c1-3-29(4-2)18-11-9-17(22(30)13-18)15-27-28-25(31)21-14-20-19-8-6-5-7-16(19)10-12-23(20)32-24(21)26/h5-15,26,30H,3-4H2,1-2H3,(H,28,31). The van der Waals surface area contributed by atoms with Crippen LogP contribution in [0.5, 0.6) is 5.75 Å². The minimum absolute atomic E-state index is 0.0701. The first-order valence-electron chi connectivity index (χ1n) is 10.4. The summed E-state index contributed by atoms with van der Waals surface area (Å²) >= 11 is 0. The summed E-state index contributed by atoms with van der Waals surface area (Å²) in [6.45, 7) is 5.77. The third-order valence-corrected chi connectivity index (χ3v) is 5.43. The fourth-order valence-electron chi connectivity index (χ4n) is 3.70. The molecule has 0 aliphatic carbocycles. The van der Waals surface area contributed by atoms with E-state index in [1.807, 2.05) is 50.2 Å². The van der Waals surface area contributed by atoms with Crippen LogP contribution in [0.1, 0.15) is 29.8 Å². The molecule has 162 valence electrons. The molecule has 0 radical (unpaired) electrons. The maximum absolute atomic E-state index is 12.7. The highest BCUT2D eigenvalue weighted by Gasteiger charge is 2.13. The quantitative estimate of drug-likeness (QED) is 0.241. The SMILES string of the molecule is CCN(CC)c1ccc(C=NNC(=O)c2cc3c(ccc4ccccc43)oc2=N)c(O)c1. The van der Waals surface area contributed by atoms with Crippen molar-refractivity contribution in [1.29, 1.82) is 5.41 Å². The number of hydrogen-bond donors (Lipinski definition) is 3. The molecule has 0 unspecified atom stereocenters. The summed E-state index contributed by atoms with van der Waals surface area (Å²) in [4.78, 5) is 14.8. The van der Waals surface area contributed by atoms with Gasteiger partial charge >= 0.3 is 0 Å². The lowest BCUT2D eigenvalue weighted by molar-refractivity contribution is 0.0951. The number of phenolic OH excluding ortho intramolecular Hbond substituents is 1. The second-order valence-corrected chi connectivity index (χ2v) is 7.30. The van der Waals surface area contributed by atoms with Gasteiger partial charge < -0.3 is 14.4 Å². The highest BCUT2D eigenvalue weighted by Crippen LogP contribution is 2.25. The molecule has 3 N–H and O–H groups in total. The van der Waals surface area contributed by atoms with Gasteiger partial charge in [-0.15, -0.1) is 0 Å². The lowest BCUT2D eigenvalue weighted by atomic mass is 10.0. The van der Waals surface area contributed by atoms with Gasteiger partial charge in [-0.05, 0) is 48.9 Å². The zero-order valence-electron chi connectivity index (χ0n) is 17.9. The fourth-order valence-corrected chi connectivity index (χ4v) is 3.70. The molecular formula is C25H24N4O3. The maximum atomic E-state index is 12.7. The Balaban J connectivity index is 1.58. The van der Waals surface area contributed by atoms with E-state index >= 15 is 0 Å². The molecule has 3 aromatic carbocycles. The summed E-state index contributed by atoms with van der Waals surface area (Å²) in [5, 5.41) is 25.1. The third kappa shape index (κ3) is 4.05. The smallest absolute Gasteiger partial charge is 0.276 e.